The topological polar surface area (TPSA) is 88.9 Å². The second-order valence-electron chi connectivity index (χ2n) is 9.86. The number of hydrogen-bond donors (Lipinski definition) is 1. The first kappa shape index (κ1) is 25.1. The number of benzene rings is 1. The molecule has 35 heavy (non-hydrogen) atoms. The van der Waals surface area contributed by atoms with Crippen molar-refractivity contribution in [2.24, 2.45) is 5.92 Å². The summed E-state index contributed by atoms with van der Waals surface area (Å²) in [5.41, 5.74) is 1.15. The van der Waals surface area contributed by atoms with Gasteiger partial charge >= 0.3 is 0 Å². The van der Waals surface area contributed by atoms with Crippen LogP contribution in [0, 0.1) is 5.92 Å². The van der Waals surface area contributed by atoms with Crippen LogP contribution in [0.5, 0.6) is 5.75 Å². The van der Waals surface area contributed by atoms with Gasteiger partial charge in [-0.1, -0.05) is 26.8 Å². The summed E-state index contributed by atoms with van der Waals surface area (Å²) in [6, 6.07) is 11.8. The van der Waals surface area contributed by atoms with E-state index in [0.29, 0.717) is 24.4 Å². The zero-order valence-electron chi connectivity index (χ0n) is 21.3. The van der Waals surface area contributed by atoms with E-state index < -0.39 is 0 Å². The molecule has 0 saturated carbocycles. The van der Waals surface area contributed by atoms with Crippen LogP contribution in [-0.2, 0) is 18.6 Å². The maximum atomic E-state index is 13.2. The lowest BCUT2D eigenvalue weighted by molar-refractivity contribution is 0.119. The standard InChI is InChI=1S/C26H34N6O2S/c1-7-26(4,5)32-24(28-29-30-32)23(17(2)3)31(16-21-9-8-12-35-21)15-19-13-18-10-11-20(34-6)14-22(18)27-25(19)33/h8-14,17,23H,7,15-16H2,1-6H3,(H,27,33)/t23-/m1/s1. The number of pyridine rings is 1. The van der Waals surface area contributed by atoms with Crippen LogP contribution in [0.4, 0.5) is 0 Å². The molecule has 186 valence electrons. The van der Waals surface area contributed by atoms with Crippen molar-refractivity contribution < 1.29 is 4.74 Å². The van der Waals surface area contributed by atoms with Crippen LogP contribution in [0.2, 0.25) is 0 Å². The first-order valence-corrected chi connectivity index (χ1v) is 12.9. The molecule has 8 nitrogen and oxygen atoms in total. The maximum Gasteiger partial charge on any atom is 0.252 e. The second kappa shape index (κ2) is 10.3. The van der Waals surface area contributed by atoms with Crippen LogP contribution in [0.25, 0.3) is 10.9 Å². The van der Waals surface area contributed by atoms with Crippen molar-refractivity contribution in [3.8, 4) is 5.75 Å². The molecule has 1 N–H and O–H groups in total. The molecule has 0 aliphatic heterocycles. The number of thiophene rings is 1. The normalized spacial score (nSPS) is 13.1. The predicted octanol–water partition coefficient (Wildman–Crippen LogP) is 5.13. The smallest absolute Gasteiger partial charge is 0.252 e. The number of methoxy groups -OCH3 is 1. The lowest BCUT2D eigenvalue weighted by atomic mass is 9.97. The van der Waals surface area contributed by atoms with Crippen LogP contribution in [0.3, 0.4) is 0 Å². The molecule has 0 fully saturated rings. The average Bonchev–Trinajstić information content (AvgIpc) is 3.52. The molecule has 0 unspecified atom stereocenters. The fraction of sp³-hybridized carbons (Fsp3) is 0.462. The third-order valence-electron chi connectivity index (χ3n) is 6.66. The Morgan fingerprint density at radius 2 is 2.00 bits per heavy atom. The van der Waals surface area contributed by atoms with E-state index >= 15 is 0 Å². The van der Waals surface area contributed by atoms with E-state index in [1.165, 1.54) is 4.88 Å². The van der Waals surface area contributed by atoms with Crippen molar-refractivity contribution in [2.75, 3.05) is 7.11 Å². The molecule has 0 saturated heterocycles. The van der Waals surface area contributed by atoms with Crippen molar-refractivity contribution in [2.45, 2.75) is 65.7 Å². The molecular weight excluding hydrogens is 460 g/mol. The minimum Gasteiger partial charge on any atom is -0.497 e. The summed E-state index contributed by atoms with van der Waals surface area (Å²) in [4.78, 5) is 19.7. The van der Waals surface area contributed by atoms with Crippen molar-refractivity contribution >= 4 is 22.2 Å². The van der Waals surface area contributed by atoms with E-state index in [1.54, 1.807) is 18.4 Å². The number of nitrogens with zero attached hydrogens (tertiary/aromatic N) is 5. The van der Waals surface area contributed by atoms with Crippen molar-refractivity contribution in [3.63, 3.8) is 0 Å². The number of H-pyrrole nitrogens is 1. The second-order valence-corrected chi connectivity index (χ2v) is 10.9. The largest absolute Gasteiger partial charge is 0.497 e. The number of ether oxygens (including phenoxy) is 1. The summed E-state index contributed by atoms with van der Waals surface area (Å²) < 4.78 is 7.27. The lowest BCUT2D eigenvalue weighted by Crippen LogP contribution is -2.38. The van der Waals surface area contributed by atoms with Crippen molar-refractivity contribution in [1.29, 1.82) is 0 Å². The molecule has 3 aromatic heterocycles. The van der Waals surface area contributed by atoms with Gasteiger partial charge in [-0.15, -0.1) is 16.4 Å². The van der Waals surface area contributed by atoms with Gasteiger partial charge in [0.25, 0.3) is 5.56 Å². The zero-order chi connectivity index (χ0) is 25.2. The van der Waals surface area contributed by atoms with Gasteiger partial charge in [0.1, 0.15) is 5.75 Å². The van der Waals surface area contributed by atoms with Crippen LogP contribution in [0.15, 0.2) is 46.6 Å². The van der Waals surface area contributed by atoms with Gasteiger partial charge in [0.05, 0.1) is 24.2 Å². The van der Waals surface area contributed by atoms with Gasteiger partial charge in [0, 0.05) is 29.6 Å². The highest BCUT2D eigenvalue weighted by Crippen LogP contribution is 2.33. The SMILES string of the molecule is CCC(C)(C)n1nnnc1[C@@H](C(C)C)N(Cc1cccs1)Cc1cc2ccc(OC)cc2[nH]c1=O. The minimum absolute atomic E-state index is 0.0797. The molecule has 4 rings (SSSR count). The van der Waals surface area contributed by atoms with Gasteiger partial charge in [-0.2, -0.15) is 0 Å². The fourth-order valence-corrected chi connectivity index (χ4v) is 5.12. The summed E-state index contributed by atoms with van der Waals surface area (Å²) in [6.45, 7) is 12.0. The highest BCUT2D eigenvalue weighted by atomic mass is 32.1. The van der Waals surface area contributed by atoms with E-state index in [9.17, 15) is 4.79 Å². The van der Waals surface area contributed by atoms with Gasteiger partial charge in [-0.25, -0.2) is 4.68 Å². The molecule has 1 atom stereocenters. The average molecular weight is 495 g/mol. The fourth-order valence-electron chi connectivity index (χ4n) is 4.39. The Hall–Kier alpha value is -3.04. The van der Waals surface area contributed by atoms with Crippen LogP contribution in [0.1, 0.15) is 63.3 Å². The number of fused-ring (bicyclic) bond motifs is 1. The van der Waals surface area contributed by atoms with Crippen LogP contribution in [-0.4, -0.2) is 37.2 Å². The summed E-state index contributed by atoms with van der Waals surface area (Å²) in [7, 11) is 1.62. The van der Waals surface area contributed by atoms with E-state index in [0.717, 1.165) is 23.1 Å². The van der Waals surface area contributed by atoms with Gasteiger partial charge in [0.2, 0.25) is 0 Å². The third-order valence-corrected chi connectivity index (χ3v) is 7.53. The number of tetrazole rings is 1. The van der Waals surface area contributed by atoms with E-state index in [4.69, 9.17) is 4.74 Å². The predicted molar refractivity (Wildman–Crippen MR) is 140 cm³/mol. The Kier molecular flexibility index (Phi) is 7.37. The number of aromatic nitrogens is 5. The first-order chi connectivity index (χ1) is 16.7. The Balaban J connectivity index is 1.78. The molecule has 9 heteroatoms. The van der Waals surface area contributed by atoms with E-state index in [2.05, 4.69) is 77.5 Å². The number of rotatable bonds is 10. The van der Waals surface area contributed by atoms with Gasteiger partial charge in [0.15, 0.2) is 5.82 Å². The quantitative estimate of drug-likeness (QED) is 0.329. The zero-order valence-corrected chi connectivity index (χ0v) is 22.1. The molecule has 0 amide bonds. The molecule has 4 aromatic rings. The molecule has 0 spiro atoms. The monoisotopic (exact) mass is 494 g/mol. The Labute approximate surface area is 209 Å². The van der Waals surface area contributed by atoms with Crippen molar-refractivity contribution in [3.05, 3.63) is 68.4 Å². The molecule has 0 radical (unpaired) electrons. The Morgan fingerprint density at radius 1 is 1.20 bits per heavy atom. The van der Waals surface area contributed by atoms with E-state index in [-0.39, 0.29) is 23.1 Å². The van der Waals surface area contributed by atoms with Gasteiger partial charge in [-0.3, -0.25) is 9.69 Å². The number of nitrogens with one attached hydrogen (secondary N) is 1. The molecule has 1 aromatic carbocycles. The molecule has 0 aliphatic rings. The molecule has 0 bridgehead atoms. The van der Waals surface area contributed by atoms with E-state index in [1.807, 2.05) is 28.9 Å². The number of hydrogen-bond acceptors (Lipinski definition) is 7. The Morgan fingerprint density at radius 3 is 2.66 bits per heavy atom. The third kappa shape index (κ3) is 5.31. The Bertz CT molecular complexity index is 1330. The summed E-state index contributed by atoms with van der Waals surface area (Å²) >= 11 is 1.71. The summed E-state index contributed by atoms with van der Waals surface area (Å²) in [5, 5.41) is 16.0. The summed E-state index contributed by atoms with van der Waals surface area (Å²) in [5.74, 6) is 1.76. The minimum atomic E-state index is -0.222. The molecule has 3 heterocycles. The van der Waals surface area contributed by atoms with Crippen molar-refractivity contribution in [1.82, 2.24) is 30.1 Å². The highest BCUT2D eigenvalue weighted by molar-refractivity contribution is 7.09. The maximum absolute atomic E-state index is 13.2. The van der Waals surface area contributed by atoms with Crippen LogP contribution < -0.4 is 10.3 Å². The van der Waals surface area contributed by atoms with Gasteiger partial charge < -0.3 is 9.72 Å². The first-order valence-electron chi connectivity index (χ1n) is 12.0. The highest BCUT2D eigenvalue weighted by Gasteiger charge is 2.34. The number of aromatic amines is 1. The lowest BCUT2D eigenvalue weighted by Gasteiger charge is -2.35. The van der Waals surface area contributed by atoms with Gasteiger partial charge in [-0.05, 0) is 71.6 Å². The molecule has 0 aliphatic carbocycles. The molecular formula is C26H34N6O2S. The van der Waals surface area contributed by atoms with Crippen LogP contribution >= 0.6 is 11.3 Å². The summed E-state index contributed by atoms with van der Waals surface area (Å²) in [6.07, 6.45) is 0.897.